The van der Waals surface area contributed by atoms with E-state index in [0.29, 0.717) is 0 Å². The second-order valence-electron chi connectivity index (χ2n) is 5.09. The molecule has 104 valence electrons. The topological polar surface area (TPSA) is 46.4 Å². The van der Waals surface area contributed by atoms with Gasteiger partial charge in [-0.25, -0.2) is 0 Å². The van der Waals surface area contributed by atoms with Crippen molar-refractivity contribution in [3.63, 3.8) is 0 Å². The lowest BCUT2D eigenvalue weighted by Crippen LogP contribution is -2.22. The Morgan fingerprint density at radius 3 is 2.63 bits per heavy atom. The Kier molecular flexibility index (Phi) is 4.13. The van der Waals surface area contributed by atoms with Crippen LogP contribution in [0.3, 0.4) is 0 Å². The van der Waals surface area contributed by atoms with Crippen molar-refractivity contribution in [3.8, 4) is 0 Å². The van der Waals surface area contributed by atoms with Gasteiger partial charge < -0.3 is 4.90 Å². The van der Waals surface area contributed by atoms with Gasteiger partial charge in [-0.05, 0) is 53.7 Å². The highest BCUT2D eigenvalue weighted by Gasteiger charge is 2.33. The van der Waals surface area contributed by atoms with E-state index in [1.807, 2.05) is 13.8 Å². The second-order valence-corrected chi connectivity index (χ2v) is 5.88. The number of halogens is 1. The fraction of sp³-hybridized carbons (Fsp3) is 0.571. The maximum Gasteiger partial charge on any atom is 0.296 e. The molecule has 0 spiro atoms. The van der Waals surface area contributed by atoms with Crippen LogP contribution in [0.1, 0.15) is 36.5 Å². The number of fused-ring (bicyclic) bond motifs is 1. The molecule has 2 rings (SSSR count). The molecule has 4 nitrogen and oxygen atoms in total. The Morgan fingerprint density at radius 1 is 1.37 bits per heavy atom. The average molecular weight is 327 g/mol. The average Bonchev–Trinajstić information content (AvgIpc) is 2.77. The molecule has 1 heterocycles. The van der Waals surface area contributed by atoms with Crippen LogP contribution in [0.5, 0.6) is 0 Å². The zero-order valence-corrected chi connectivity index (χ0v) is 13.2. The molecule has 0 saturated carbocycles. The molecule has 1 aliphatic rings. The third-order valence-corrected chi connectivity index (χ3v) is 5.08. The van der Waals surface area contributed by atoms with Crippen LogP contribution < -0.4 is 4.90 Å². The number of unbranched alkanes of at least 4 members (excludes halogenated alkanes) is 1. The summed E-state index contributed by atoms with van der Waals surface area (Å²) in [6, 6.07) is 0. The molecular weight excluding hydrogens is 308 g/mol. The van der Waals surface area contributed by atoms with Crippen molar-refractivity contribution in [1.82, 2.24) is 0 Å². The number of anilines is 1. The van der Waals surface area contributed by atoms with Gasteiger partial charge in [0.2, 0.25) is 0 Å². The number of nitro benzene ring substituents is 1. The summed E-state index contributed by atoms with van der Waals surface area (Å²) in [7, 11) is 0. The van der Waals surface area contributed by atoms with Gasteiger partial charge in [0.05, 0.1) is 4.92 Å². The minimum Gasteiger partial charge on any atom is -0.365 e. The van der Waals surface area contributed by atoms with E-state index < -0.39 is 0 Å². The zero-order chi connectivity index (χ0) is 14.2. The van der Waals surface area contributed by atoms with Crippen LogP contribution >= 0.6 is 15.9 Å². The van der Waals surface area contributed by atoms with Crippen molar-refractivity contribution >= 4 is 27.3 Å². The summed E-state index contributed by atoms with van der Waals surface area (Å²) < 4.78 is 0.885. The maximum atomic E-state index is 11.4. The maximum absolute atomic E-state index is 11.4. The molecule has 0 amide bonds. The lowest BCUT2D eigenvalue weighted by atomic mass is 10.0. The van der Waals surface area contributed by atoms with Crippen LogP contribution in [0.2, 0.25) is 0 Å². The highest BCUT2D eigenvalue weighted by Crippen LogP contribution is 2.45. The first-order valence-corrected chi connectivity index (χ1v) is 7.49. The molecule has 0 aromatic heterocycles. The van der Waals surface area contributed by atoms with Gasteiger partial charge in [0.1, 0.15) is 5.69 Å². The predicted octanol–water partition coefficient (Wildman–Crippen LogP) is 4.14. The number of rotatable bonds is 4. The molecule has 1 aromatic carbocycles. The first-order valence-electron chi connectivity index (χ1n) is 6.69. The summed E-state index contributed by atoms with van der Waals surface area (Å²) in [5, 5.41) is 11.4. The number of nitrogens with zero attached hydrogens (tertiary/aromatic N) is 2. The monoisotopic (exact) mass is 326 g/mol. The van der Waals surface area contributed by atoms with Crippen LogP contribution in [0.15, 0.2) is 4.47 Å². The zero-order valence-electron chi connectivity index (χ0n) is 11.6. The van der Waals surface area contributed by atoms with Crippen LogP contribution in [0.4, 0.5) is 11.4 Å². The molecule has 0 unspecified atom stereocenters. The Bertz CT molecular complexity index is 529. The second kappa shape index (κ2) is 5.49. The van der Waals surface area contributed by atoms with E-state index in [0.717, 1.165) is 59.2 Å². The van der Waals surface area contributed by atoms with Gasteiger partial charge in [0.15, 0.2) is 0 Å². The molecule has 0 aliphatic carbocycles. The molecule has 19 heavy (non-hydrogen) atoms. The predicted molar refractivity (Wildman–Crippen MR) is 81.1 cm³/mol. The lowest BCUT2D eigenvalue weighted by molar-refractivity contribution is -0.384. The van der Waals surface area contributed by atoms with Crippen molar-refractivity contribution < 1.29 is 4.92 Å². The number of hydrogen-bond donors (Lipinski definition) is 0. The van der Waals surface area contributed by atoms with Crippen molar-refractivity contribution in [2.45, 2.75) is 40.0 Å². The molecule has 0 atom stereocenters. The molecule has 0 bridgehead atoms. The minimum atomic E-state index is -0.233. The smallest absolute Gasteiger partial charge is 0.296 e. The summed E-state index contributed by atoms with van der Waals surface area (Å²) >= 11 is 3.50. The third kappa shape index (κ3) is 2.36. The van der Waals surface area contributed by atoms with Crippen LogP contribution in [-0.2, 0) is 6.42 Å². The fourth-order valence-corrected chi connectivity index (χ4v) is 3.24. The molecular formula is C14H19BrN2O2. The number of benzene rings is 1. The standard InChI is InChI=1S/C14H19BrN2O2/c1-4-5-7-16-8-6-11-9(2)12(15)10(3)13(14(11)16)17(18)19/h4-8H2,1-3H3. The highest BCUT2D eigenvalue weighted by molar-refractivity contribution is 9.10. The summed E-state index contributed by atoms with van der Waals surface area (Å²) in [6.07, 6.45) is 3.09. The third-order valence-electron chi connectivity index (χ3n) is 3.89. The van der Waals surface area contributed by atoms with Crippen LogP contribution in [0.25, 0.3) is 0 Å². The Balaban J connectivity index is 2.59. The molecule has 5 heteroatoms. The molecule has 1 aliphatic heterocycles. The largest absolute Gasteiger partial charge is 0.365 e. The highest BCUT2D eigenvalue weighted by atomic mass is 79.9. The molecule has 1 aromatic rings. The van der Waals surface area contributed by atoms with Gasteiger partial charge in [-0.3, -0.25) is 10.1 Å². The fourth-order valence-electron chi connectivity index (χ4n) is 2.82. The number of hydrogen-bond acceptors (Lipinski definition) is 3. The van der Waals surface area contributed by atoms with Gasteiger partial charge >= 0.3 is 0 Å². The minimum absolute atomic E-state index is 0.233. The van der Waals surface area contributed by atoms with Crippen molar-refractivity contribution in [1.29, 1.82) is 0 Å². The Hall–Kier alpha value is -1.10. The van der Waals surface area contributed by atoms with E-state index >= 15 is 0 Å². The van der Waals surface area contributed by atoms with E-state index in [9.17, 15) is 10.1 Å². The molecule has 0 N–H and O–H groups in total. The SMILES string of the molecule is CCCCN1CCc2c(C)c(Br)c(C)c([N+](=O)[O-])c21. The van der Waals surface area contributed by atoms with E-state index in [-0.39, 0.29) is 10.6 Å². The van der Waals surface area contributed by atoms with Gasteiger partial charge in [-0.2, -0.15) is 0 Å². The lowest BCUT2D eigenvalue weighted by Gasteiger charge is -2.20. The molecule has 0 saturated heterocycles. The van der Waals surface area contributed by atoms with Gasteiger partial charge in [-0.15, -0.1) is 0 Å². The van der Waals surface area contributed by atoms with E-state index in [2.05, 4.69) is 27.8 Å². The van der Waals surface area contributed by atoms with Gasteiger partial charge in [-0.1, -0.05) is 13.3 Å². The summed E-state index contributed by atoms with van der Waals surface area (Å²) in [6.45, 7) is 7.82. The van der Waals surface area contributed by atoms with Crippen molar-refractivity contribution in [2.24, 2.45) is 0 Å². The normalized spacial score (nSPS) is 13.8. The Labute approximate surface area is 122 Å². The summed E-state index contributed by atoms with van der Waals surface area (Å²) in [5.41, 5.74) is 4.17. The first kappa shape index (κ1) is 14.3. The first-order chi connectivity index (χ1) is 8.99. The van der Waals surface area contributed by atoms with Crippen LogP contribution in [0, 0.1) is 24.0 Å². The quantitative estimate of drug-likeness (QED) is 0.617. The number of nitro groups is 1. The Morgan fingerprint density at radius 2 is 2.05 bits per heavy atom. The summed E-state index contributed by atoms with van der Waals surface area (Å²) in [4.78, 5) is 13.4. The van der Waals surface area contributed by atoms with E-state index in [1.54, 1.807) is 0 Å². The van der Waals surface area contributed by atoms with E-state index in [4.69, 9.17) is 0 Å². The molecule has 0 radical (unpaired) electrons. The van der Waals surface area contributed by atoms with E-state index in [1.165, 1.54) is 0 Å². The molecule has 0 fully saturated rings. The van der Waals surface area contributed by atoms with Crippen LogP contribution in [-0.4, -0.2) is 18.0 Å². The van der Waals surface area contributed by atoms with Gasteiger partial charge in [0, 0.05) is 23.1 Å². The van der Waals surface area contributed by atoms with Crippen molar-refractivity contribution in [2.75, 3.05) is 18.0 Å². The summed E-state index contributed by atoms with van der Waals surface area (Å²) in [5.74, 6) is 0. The van der Waals surface area contributed by atoms with Crippen molar-refractivity contribution in [3.05, 3.63) is 31.3 Å². The van der Waals surface area contributed by atoms with Gasteiger partial charge in [0.25, 0.3) is 5.69 Å².